The summed E-state index contributed by atoms with van der Waals surface area (Å²) in [6.07, 6.45) is 3.48. The molecule has 1 aromatic rings. The first-order valence-corrected chi connectivity index (χ1v) is 4.87. The van der Waals surface area contributed by atoms with E-state index in [-0.39, 0.29) is 6.04 Å². The molecule has 0 bridgehead atoms. The summed E-state index contributed by atoms with van der Waals surface area (Å²) in [7, 11) is 0. The average Bonchev–Trinajstić information content (AvgIpc) is 2.27. The van der Waals surface area contributed by atoms with E-state index in [0.29, 0.717) is 0 Å². The van der Waals surface area contributed by atoms with E-state index >= 15 is 0 Å². The lowest BCUT2D eigenvalue weighted by molar-refractivity contribution is 0.262. The molecule has 0 radical (unpaired) electrons. The maximum Gasteiger partial charge on any atom is 0.125 e. The van der Waals surface area contributed by atoms with E-state index < -0.39 is 0 Å². The van der Waals surface area contributed by atoms with Crippen LogP contribution in [0.3, 0.4) is 0 Å². The van der Waals surface area contributed by atoms with Crippen molar-refractivity contribution in [1.29, 1.82) is 5.26 Å². The lowest BCUT2D eigenvalue weighted by atomic mass is 10.1. The molecule has 0 fully saturated rings. The molecule has 0 spiro atoms. The highest BCUT2D eigenvalue weighted by molar-refractivity contribution is 5.20. The van der Waals surface area contributed by atoms with Gasteiger partial charge in [0, 0.05) is 18.0 Å². The summed E-state index contributed by atoms with van der Waals surface area (Å²) in [4.78, 5) is 6.13. The fraction of sp³-hybridized carbons (Fsp3) is 0.455. The molecule has 0 aliphatic carbocycles. The second-order valence-electron chi connectivity index (χ2n) is 3.04. The summed E-state index contributed by atoms with van der Waals surface area (Å²) in [5, 5.41) is 9.09. The Morgan fingerprint density at radius 2 is 2.21 bits per heavy atom. The van der Waals surface area contributed by atoms with Gasteiger partial charge >= 0.3 is 0 Å². The van der Waals surface area contributed by atoms with Gasteiger partial charge in [-0.2, -0.15) is 5.26 Å². The van der Waals surface area contributed by atoms with Crippen LogP contribution < -0.4 is 0 Å². The van der Waals surface area contributed by atoms with Gasteiger partial charge in [-0.05, 0) is 19.2 Å². The van der Waals surface area contributed by atoms with Crippen molar-refractivity contribution in [3.05, 3.63) is 30.1 Å². The van der Waals surface area contributed by atoms with Crippen LogP contribution >= 0.6 is 0 Å². The first-order chi connectivity index (χ1) is 6.83. The first-order valence-electron chi connectivity index (χ1n) is 4.87. The minimum atomic E-state index is -0.168. The zero-order valence-electron chi connectivity index (χ0n) is 8.64. The highest BCUT2D eigenvalue weighted by Crippen LogP contribution is 2.17. The van der Waals surface area contributed by atoms with Gasteiger partial charge in [0.05, 0.1) is 6.07 Å². The van der Waals surface area contributed by atoms with Crippen molar-refractivity contribution in [3.63, 3.8) is 0 Å². The Morgan fingerprint density at radius 1 is 1.50 bits per heavy atom. The average molecular weight is 189 g/mol. The molecule has 1 aromatic heterocycles. The number of nitriles is 1. The fourth-order valence-electron chi connectivity index (χ4n) is 1.49. The van der Waals surface area contributed by atoms with Crippen LogP contribution in [0, 0.1) is 11.3 Å². The van der Waals surface area contributed by atoms with Crippen LogP contribution in [0.4, 0.5) is 0 Å². The van der Waals surface area contributed by atoms with Crippen LogP contribution in [0.25, 0.3) is 0 Å². The number of rotatable bonds is 4. The minimum absolute atomic E-state index is 0.168. The number of hydrogen-bond acceptors (Lipinski definition) is 3. The molecule has 0 amide bonds. The van der Waals surface area contributed by atoms with Crippen molar-refractivity contribution < 1.29 is 0 Å². The predicted molar refractivity (Wildman–Crippen MR) is 55.5 cm³/mol. The third-order valence-electron chi connectivity index (χ3n) is 2.30. The molecular weight excluding hydrogens is 174 g/mol. The minimum Gasteiger partial charge on any atom is -0.285 e. The van der Waals surface area contributed by atoms with Gasteiger partial charge in [-0.25, -0.2) is 0 Å². The maximum absolute atomic E-state index is 9.09. The van der Waals surface area contributed by atoms with E-state index in [9.17, 15) is 0 Å². The summed E-state index contributed by atoms with van der Waals surface area (Å²) in [6.45, 7) is 5.88. The monoisotopic (exact) mass is 189 g/mol. The maximum atomic E-state index is 9.09. The fourth-order valence-corrected chi connectivity index (χ4v) is 1.49. The van der Waals surface area contributed by atoms with E-state index in [1.54, 1.807) is 12.4 Å². The predicted octanol–water partition coefficient (Wildman–Crippen LogP) is 1.99. The lowest BCUT2D eigenvalue weighted by Crippen LogP contribution is -2.27. The van der Waals surface area contributed by atoms with Crippen LogP contribution in [-0.2, 0) is 0 Å². The second kappa shape index (κ2) is 5.36. The topological polar surface area (TPSA) is 39.9 Å². The summed E-state index contributed by atoms with van der Waals surface area (Å²) >= 11 is 0. The molecule has 14 heavy (non-hydrogen) atoms. The molecule has 0 aliphatic rings. The van der Waals surface area contributed by atoms with Gasteiger partial charge in [0.25, 0.3) is 0 Å². The standard InChI is InChI=1S/C11H15N3/c1-3-14(4-2)11(8-12)10-6-5-7-13-9-10/h5-7,9,11H,3-4H2,1-2H3. The highest BCUT2D eigenvalue weighted by atomic mass is 15.1. The Balaban J connectivity index is 2.88. The number of pyridine rings is 1. The second-order valence-corrected chi connectivity index (χ2v) is 3.04. The highest BCUT2D eigenvalue weighted by Gasteiger charge is 2.16. The number of hydrogen-bond donors (Lipinski definition) is 0. The largest absolute Gasteiger partial charge is 0.285 e. The molecule has 0 saturated carbocycles. The van der Waals surface area contributed by atoms with Crippen LogP contribution in [0.5, 0.6) is 0 Å². The molecule has 1 unspecified atom stereocenters. The smallest absolute Gasteiger partial charge is 0.125 e. The third-order valence-corrected chi connectivity index (χ3v) is 2.30. The normalized spacial score (nSPS) is 12.4. The molecule has 74 valence electrons. The lowest BCUT2D eigenvalue weighted by Gasteiger charge is -2.23. The van der Waals surface area contributed by atoms with E-state index in [1.165, 1.54) is 0 Å². The van der Waals surface area contributed by atoms with E-state index in [0.717, 1.165) is 18.7 Å². The van der Waals surface area contributed by atoms with Gasteiger partial charge in [-0.15, -0.1) is 0 Å². The van der Waals surface area contributed by atoms with E-state index in [1.807, 2.05) is 12.1 Å². The van der Waals surface area contributed by atoms with Crippen LogP contribution in [0.15, 0.2) is 24.5 Å². The van der Waals surface area contributed by atoms with Crippen molar-refractivity contribution in [2.75, 3.05) is 13.1 Å². The molecule has 1 atom stereocenters. The zero-order valence-corrected chi connectivity index (χ0v) is 8.64. The van der Waals surface area contributed by atoms with E-state index in [2.05, 4.69) is 29.8 Å². The van der Waals surface area contributed by atoms with Gasteiger partial charge in [0.15, 0.2) is 0 Å². The van der Waals surface area contributed by atoms with Crippen molar-refractivity contribution in [2.45, 2.75) is 19.9 Å². The van der Waals surface area contributed by atoms with Crippen LogP contribution in [0.1, 0.15) is 25.5 Å². The van der Waals surface area contributed by atoms with Crippen molar-refractivity contribution >= 4 is 0 Å². The SMILES string of the molecule is CCN(CC)C(C#N)c1cccnc1. The third kappa shape index (κ3) is 2.30. The van der Waals surface area contributed by atoms with Gasteiger partial charge in [0.1, 0.15) is 6.04 Å². The first kappa shape index (κ1) is 10.7. The molecule has 0 aromatic carbocycles. The van der Waals surface area contributed by atoms with Crippen LogP contribution in [-0.4, -0.2) is 23.0 Å². The van der Waals surface area contributed by atoms with Crippen molar-refractivity contribution in [1.82, 2.24) is 9.88 Å². The van der Waals surface area contributed by atoms with Crippen molar-refractivity contribution in [2.24, 2.45) is 0 Å². The molecule has 0 aliphatic heterocycles. The summed E-state index contributed by atoms with van der Waals surface area (Å²) in [5.74, 6) is 0. The Bertz CT molecular complexity index is 298. The van der Waals surface area contributed by atoms with Gasteiger partial charge in [-0.3, -0.25) is 9.88 Å². The van der Waals surface area contributed by atoms with Gasteiger partial charge < -0.3 is 0 Å². The Kier molecular flexibility index (Phi) is 4.09. The quantitative estimate of drug-likeness (QED) is 0.727. The Labute approximate surface area is 85.0 Å². The van der Waals surface area contributed by atoms with Gasteiger partial charge in [0.2, 0.25) is 0 Å². The molecule has 1 heterocycles. The molecule has 1 rings (SSSR count). The summed E-state index contributed by atoms with van der Waals surface area (Å²) in [5.41, 5.74) is 0.971. The van der Waals surface area contributed by atoms with E-state index in [4.69, 9.17) is 5.26 Å². The number of nitrogens with zero attached hydrogens (tertiary/aromatic N) is 3. The number of aromatic nitrogens is 1. The Hall–Kier alpha value is -1.40. The molecule has 0 N–H and O–H groups in total. The van der Waals surface area contributed by atoms with Crippen molar-refractivity contribution in [3.8, 4) is 6.07 Å². The zero-order chi connectivity index (χ0) is 10.4. The van der Waals surface area contributed by atoms with Crippen LogP contribution in [0.2, 0.25) is 0 Å². The molecule has 3 nitrogen and oxygen atoms in total. The molecular formula is C11H15N3. The molecule has 3 heteroatoms. The molecule has 0 saturated heterocycles. The summed E-state index contributed by atoms with van der Waals surface area (Å²) < 4.78 is 0. The van der Waals surface area contributed by atoms with Gasteiger partial charge in [-0.1, -0.05) is 19.9 Å². The Morgan fingerprint density at radius 3 is 2.64 bits per heavy atom. The summed E-state index contributed by atoms with van der Waals surface area (Å²) in [6, 6.07) is 5.95.